The highest BCUT2D eigenvalue weighted by Gasteiger charge is 2.27. The number of amides is 2. The Morgan fingerprint density at radius 1 is 1.17 bits per heavy atom. The SMILES string of the molecule is O=C(NCC1(O)C=CCCC1)C(=O)Nc1ccc2c(c1)OCCO2. The third-order valence-electron chi connectivity index (χ3n) is 3.97. The van der Waals surface area contributed by atoms with E-state index in [1.165, 1.54) is 0 Å². The van der Waals surface area contributed by atoms with E-state index in [4.69, 9.17) is 9.47 Å². The quantitative estimate of drug-likeness (QED) is 0.566. The molecule has 1 aromatic rings. The maximum atomic E-state index is 12.0. The molecule has 0 radical (unpaired) electrons. The largest absolute Gasteiger partial charge is 0.486 e. The van der Waals surface area contributed by atoms with Gasteiger partial charge in [0.2, 0.25) is 0 Å². The van der Waals surface area contributed by atoms with Crippen molar-refractivity contribution in [2.45, 2.75) is 24.9 Å². The van der Waals surface area contributed by atoms with Crippen molar-refractivity contribution in [3.8, 4) is 11.5 Å². The van der Waals surface area contributed by atoms with Gasteiger partial charge in [0.25, 0.3) is 0 Å². The molecule has 0 bridgehead atoms. The van der Waals surface area contributed by atoms with Gasteiger partial charge in [0.1, 0.15) is 18.8 Å². The minimum atomic E-state index is -1.08. The van der Waals surface area contributed by atoms with Gasteiger partial charge < -0.3 is 25.2 Å². The van der Waals surface area contributed by atoms with Crippen molar-refractivity contribution in [1.82, 2.24) is 5.32 Å². The third-order valence-corrected chi connectivity index (χ3v) is 3.97. The summed E-state index contributed by atoms with van der Waals surface area (Å²) in [6.45, 7) is 0.937. The third kappa shape index (κ3) is 3.86. The molecule has 128 valence electrons. The first kappa shape index (κ1) is 16.3. The summed E-state index contributed by atoms with van der Waals surface area (Å²) in [5, 5.41) is 15.2. The second kappa shape index (κ2) is 6.92. The van der Waals surface area contributed by atoms with E-state index in [0.29, 0.717) is 36.8 Å². The van der Waals surface area contributed by atoms with Gasteiger partial charge in [-0.05, 0) is 31.4 Å². The van der Waals surface area contributed by atoms with E-state index in [2.05, 4.69) is 10.6 Å². The smallest absolute Gasteiger partial charge is 0.313 e. The number of nitrogens with one attached hydrogen (secondary N) is 2. The highest BCUT2D eigenvalue weighted by Crippen LogP contribution is 2.32. The fraction of sp³-hybridized carbons (Fsp3) is 0.412. The van der Waals surface area contributed by atoms with Crippen LogP contribution in [0.4, 0.5) is 5.69 Å². The van der Waals surface area contributed by atoms with E-state index in [1.807, 2.05) is 6.08 Å². The average molecular weight is 332 g/mol. The number of rotatable bonds is 3. The number of carbonyl (C=O) groups excluding carboxylic acids is 2. The standard InChI is InChI=1S/C17H20N2O5/c20-15(18-11-17(22)6-2-1-3-7-17)16(21)19-12-4-5-13-14(10-12)24-9-8-23-13/h2,4-6,10,22H,1,3,7-9,11H2,(H,18,20)(H,19,21). The zero-order valence-electron chi connectivity index (χ0n) is 13.2. The molecule has 0 saturated heterocycles. The summed E-state index contributed by atoms with van der Waals surface area (Å²) in [5.74, 6) is -0.455. The topological polar surface area (TPSA) is 96.9 Å². The number of carbonyl (C=O) groups is 2. The lowest BCUT2D eigenvalue weighted by molar-refractivity contribution is -0.136. The predicted octanol–water partition coefficient (Wildman–Crippen LogP) is 0.984. The average Bonchev–Trinajstić information content (AvgIpc) is 2.60. The van der Waals surface area contributed by atoms with Crippen LogP contribution >= 0.6 is 0 Å². The van der Waals surface area contributed by atoms with Gasteiger partial charge in [-0.25, -0.2) is 0 Å². The van der Waals surface area contributed by atoms with E-state index in [1.54, 1.807) is 24.3 Å². The first-order valence-electron chi connectivity index (χ1n) is 7.95. The van der Waals surface area contributed by atoms with Crippen LogP contribution in [-0.4, -0.2) is 42.3 Å². The zero-order chi connectivity index (χ0) is 17.0. The molecular weight excluding hydrogens is 312 g/mol. The van der Waals surface area contributed by atoms with Crippen LogP contribution in [0.1, 0.15) is 19.3 Å². The molecule has 7 heteroatoms. The van der Waals surface area contributed by atoms with Crippen molar-refractivity contribution in [3.05, 3.63) is 30.4 Å². The van der Waals surface area contributed by atoms with Crippen molar-refractivity contribution >= 4 is 17.5 Å². The van der Waals surface area contributed by atoms with Gasteiger partial charge in [0.05, 0.1) is 6.54 Å². The second-order valence-electron chi connectivity index (χ2n) is 5.89. The van der Waals surface area contributed by atoms with E-state index in [9.17, 15) is 14.7 Å². The maximum Gasteiger partial charge on any atom is 0.313 e. The van der Waals surface area contributed by atoms with Crippen molar-refractivity contribution in [3.63, 3.8) is 0 Å². The van der Waals surface area contributed by atoms with Gasteiger partial charge in [-0.15, -0.1) is 0 Å². The first-order chi connectivity index (χ1) is 11.6. The molecule has 1 heterocycles. The summed E-state index contributed by atoms with van der Waals surface area (Å²) in [5.41, 5.74) is -0.638. The summed E-state index contributed by atoms with van der Waals surface area (Å²) < 4.78 is 10.8. The zero-order valence-corrected chi connectivity index (χ0v) is 13.2. The lowest BCUT2D eigenvalue weighted by Gasteiger charge is -2.27. The lowest BCUT2D eigenvalue weighted by atomic mass is 9.91. The molecule has 2 aliphatic rings. The van der Waals surface area contributed by atoms with Crippen molar-refractivity contribution in [2.75, 3.05) is 25.1 Å². The van der Waals surface area contributed by atoms with Crippen LogP contribution in [0.3, 0.4) is 0 Å². The van der Waals surface area contributed by atoms with Crippen LogP contribution in [0.5, 0.6) is 11.5 Å². The highest BCUT2D eigenvalue weighted by molar-refractivity contribution is 6.39. The molecular formula is C17H20N2O5. The summed E-state index contributed by atoms with van der Waals surface area (Å²) >= 11 is 0. The summed E-state index contributed by atoms with van der Waals surface area (Å²) in [7, 11) is 0. The molecule has 1 unspecified atom stereocenters. The first-order valence-corrected chi connectivity index (χ1v) is 7.95. The monoisotopic (exact) mass is 332 g/mol. The number of benzene rings is 1. The van der Waals surface area contributed by atoms with Gasteiger partial charge in [-0.1, -0.05) is 12.2 Å². The van der Waals surface area contributed by atoms with Crippen molar-refractivity contribution in [2.24, 2.45) is 0 Å². The predicted molar refractivity (Wildman–Crippen MR) is 87.0 cm³/mol. The fourth-order valence-electron chi connectivity index (χ4n) is 2.68. The number of hydrogen-bond donors (Lipinski definition) is 3. The Morgan fingerprint density at radius 3 is 2.71 bits per heavy atom. The Bertz CT molecular complexity index is 673. The number of hydrogen-bond acceptors (Lipinski definition) is 5. The Hall–Kier alpha value is -2.54. The van der Waals surface area contributed by atoms with Crippen LogP contribution < -0.4 is 20.1 Å². The van der Waals surface area contributed by atoms with Gasteiger partial charge in [0, 0.05) is 11.8 Å². The molecule has 0 spiro atoms. The summed E-state index contributed by atoms with van der Waals surface area (Å²) in [4.78, 5) is 23.9. The minimum Gasteiger partial charge on any atom is -0.486 e. The molecule has 3 rings (SSSR count). The number of ether oxygens (including phenoxy) is 2. The van der Waals surface area contributed by atoms with E-state index in [0.717, 1.165) is 12.8 Å². The Balaban J connectivity index is 1.55. The number of fused-ring (bicyclic) bond motifs is 1. The number of allylic oxidation sites excluding steroid dienone is 1. The van der Waals surface area contributed by atoms with Crippen molar-refractivity contribution < 1.29 is 24.2 Å². The Labute approximate surface area is 139 Å². The van der Waals surface area contributed by atoms with Gasteiger partial charge in [0.15, 0.2) is 11.5 Å². The van der Waals surface area contributed by atoms with Crippen LogP contribution in [0.15, 0.2) is 30.4 Å². The van der Waals surface area contributed by atoms with Crippen LogP contribution in [0.2, 0.25) is 0 Å². The van der Waals surface area contributed by atoms with Crippen LogP contribution in [-0.2, 0) is 9.59 Å². The molecule has 1 atom stereocenters. The second-order valence-corrected chi connectivity index (χ2v) is 5.89. The lowest BCUT2D eigenvalue weighted by Crippen LogP contribution is -2.45. The van der Waals surface area contributed by atoms with Crippen molar-refractivity contribution in [1.29, 1.82) is 0 Å². The normalized spacial score (nSPS) is 21.9. The molecule has 2 amide bonds. The molecule has 0 fully saturated rings. The van der Waals surface area contributed by atoms with Gasteiger partial charge >= 0.3 is 11.8 Å². The molecule has 0 saturated carbocycles. The molecule has 1 aliphatic heterocycles. The summed E-state index contributed by atoms with van der Waals surface area (Å²) in [6.07, 6.45) is 5.89. The molecule has 7 nitrogen and oxygen atoms in total. The Kier molecular flexibility index (Phi) is 4.71. The van der Waals surface area contributed by atoms with Crippen LogP contribution in [0, 0.1) is 0 Å². The number of anilines is 1. The Morgan fingerprint density at radius 2 is 1.96 bits per heavy atom. The molecule has 3 N–H and O–H groups in total. The van der Waals surface area contributed by atoms with Gasteiger partial charge in [-0.3, -0.25) is 9.59 Å². The van der Waals surface area contributed by atoms with Gasteiger partial charge in [-0.2, -0.15) is 0 Å². The minimum absolute atomic E-state index is 0.0108. The molecule has 0 aromatic heterocycles. The molecule has 1 aromatic carbocycles. The summed E-state index contributed by atoms with van der Waals surface area (Å²) in [6, 6.07) is 4.92. The highest BCUT2D eigenvalue weighted by atomic mass is 16.6. The maximum absolute atomic E-state index is 12.0. The number of aliphatic hydroxyl groups is 1. The van der Waals surface area contributed by atoms with E-state index >= 15 is 0 Å². The fourth-order valence-corrected chi connectivity index (χ4v) is 2.68. The molecule has 1 aliphatic carbocycles. The van der Waals surface area contributed by atoms with E-state index in [-0.39, 0.29) is 6.54 Å². The van der Waals surface area contributed by atoms with E-state index < -0.39 is 17.4 Å². The molecule has 24 heavy (non-hydrogen) atoms. The van der Waals surface area contributed by atoms with Crippen LogP contribution in [0.25, 0.3) is 0 Å².